The molecule has 2 aromatic heterocycles. The van der Waals surface area contributed by atoms with Gasteiger partial charge in [0.25, 0.3) is 5.91 Å². The van der Waals surface area contributed by atoms with Gasteiger partial charge < -0.3 is 15.6 Å². The molecule has 1 aliphatic heterocycles. The Balaban J connectivity index is 1.35. The van der Waals surface area contributed by atoms with Crippen LogP contribution in [0.5, 0.6) is 0 Å². The molecular formula is C19H22ClN5O. The first-order chi connectivity index (χ1) is 12.7. The van der Waals surface area contributed by atoms with E-state index in [1.165, 1.54) is 0 Å². The molecule has 1 saturated heterocycles. The smallest absolute Gasteiger partial charge is 0.271 e. The highest BCUT2D eigenvalue weighted by molar-refractivity contribution is 6.31. The highest BCUT2D eigenvalue weighted by atomic mass is 35.5. The number of aromatic amines is 1. The van der Waals surface area contributed by atoms with Gasteiger partial charge in [0.05, 0.1) is 6.04 Å². The van der Waals surface area contributed by atoms with Gasteiger partial charge in [-0.1, -0.05) is 11.6 Å². The van der Waals surface area contributed by atoms with Gasteiger partial charge in [-0.3, -0.25) is 9.48 Å². The number of benzene rings is 1. The van der Waals surface area contributed by atoms with Gasteiger partial charge in [0, 0.05) is 41.4 Å². The molecule has 1 aliphatic rings. The summed E-state index contributed by atoms with van der Waals surface area (Å²) in [6, 6.07) is 7.90. The molecule has 6 nitrogen and oxygen atoms in total. The van der Waals surface area contributed by atoms with Crippen molar-refractivity contribution in [1.82, 2.24) is 25.4 Å². The van der Waals surface area contributed by atoms with E-state index < -0.39 is 0 Å². The lowest BCUT2D eigenvalue weighted by atomic mass is 10.1. The maximum absolute atomic E-state index is 12.4. The Morgan fingerprint density at radius 1 is 1.38 bits per heavy atom. The number of nitrogens with zero attached hydrogens (tertiary/aromatic N) is 2. The first kappa shape index (κ1) is 17.1. The molecule has 26 heavy (non-hydrogen) atoms. The predicted octanol–water partition coefficient (Wildman–Crippen LogP) is 2.91. The Bertz CT molecular complexity index is 910. The van der Waals surface area contributed by atoms with Crippen LogP contribution in [0.4, 0.5) is 0 Å². The number of hydrogen-bond acceptors (Lipinski definition) is 3. The van der Waals surface area contributed by atoms with E-state index in [1.807, 2.05) is 35.3 Å². The number of carbonyl (C=O) groups is 1. The number of rotatable bonds is 5. The first-order valence-corrected chi connectivity index (χ1v) is 9.38. The number of piperidine rings is 1. The molecule has 4 rings (SSSR count). The third kappa shape index (κ3) is 3.61. The molecular weight excluding hydrogens is 350 g/mol. The summed E-state index contributed by atoms with van der Waals surface area (Å²) < 4.78 is 1.91. The summed E-state index contributed by atoms with van der Waals surface area (Å²) in [5, 5.41) is 12.6. The number of carbonyl (C=O) groups excluding carboxylic acids is 1. The van der Waals surface area contributed by atoms with Crippen LogP contribution >= 0.6 is 11.6 Å². The minimum Gasteiger partial charge on any atom is -0.361 e. The van der Waals surface area contributed by atoms with Crippen molar-refractivity contribution in [2.24, 2.45) is 0 Å². The number of H-pyrrole nitrogens is 1. The number of aromatic nitrogens is 3. The van der Waals surface area contributed by atoms with Crippen LogP contribution in [0.3, 0.4) is 0 Å². The lowest BCUT2D eigenvalue weighted by molar-refractivity contribution is 0.0948. The highest BCUT2D eigenvalue weighted by Gasteiger charge is 2.17. The molecule has 1 atom stereocenters. The molecule has 1 amide bonds. The number of hydrogen-bond donors (Lipinski definition) is 3. The standard InChI is InChI=1S/C19H22ClN5O/c20-14-3-4-17-16(10-14)13(11-23-17)5-8-22-19(26)18-6-9-25(24-18)15-2-1-7-21-12-15/h3-4,6,9-11,15,21,23H,1-2,5,7-8,12H2,(H,22,26). The molecule has 0 bridgehead atoms. The van der Waals surface area contributed by atoms with Crippen molar-refractivity contribution in [3.05, 3.63) is 52.9 Å². The molecule has 3 heterocycles. The molecule has 0 saturated carbocycles. The highest BCUT2D eigenvalue weighted by Crippen LogP contribution is 2.22. The van der Waals surface area contributed by atoms with Crippen LogP contribution in [0, 0.1) is 0 Å². The lowest BCUT2D eigenvalue weighted by Crippen LogP contribution is -2.32. The summed E-state index contributed by atoms with van der Waals surface area (Å²) >= 11 is 6.08. The largest absolute Gasteiger partial charge is 0.361 e. The number of fused-ring (bicyclic) bond motifs is 1. The summed E-state index contributed by atoms with van der Waals surface area (Å²) in [6.45, 7) is 2.52. The second-order valence-corrected chi connectivity index (χ2v) is 7.13. The fourth-order valence-corrected chi connectivity index (χ4v) is 3.65. The monoisotopic (exact) mass is 371 g/mol. The fourth-order valence-electron chi connectivity index (χ4n) is 3.48. The summed E-state index contributed by atoms with van der Waals surface area (Å²) in [6.07, 6.45) is 6.84. The molecule has 1 unspecified atom stereocenters. The maximum Gasteiger partial charge on any atom is 0.271 e. The third-order valence-corrected chi connectivity index (χ3v) is 5.13. The number of nitrogens with one attached hydrogen (secondary N) is 3. The first-order valence-electron chi connectivity index (χ1n) is 9.00. The Morgan fingerprint density at radius 3 is 3.15 bits per heavy atom. The summed E-state index contributed by atoms with van der Waals surface area (Å²) in [7, 11) is 0. The molecule has 0 aliphatic carbocycles. The second kappa shape index (κ2) is 7.51. The van der Waals surface area contributed by atoms with Gasteiger partial charge in [-0.15, -0.1) is 0 Å². The van der Waals surface area contributed by atoms with E-state index in [2.05, 4.69) is 20.7 Å². The van der Waals surface area contributed by atoms with Crippen molar-refractivity contribution in [3.63, 3.8) is 0 Å². The number of amides is 1. The molecule has 1 aromatic carbocycles. The van der Waals surface area contributed by atoms with Crippen molar-refractivity contribution in [3.8, 4) is 0 Å². The zero-order valence-electron chi connectivity index (χ0n) is 14.5. The van der Waals surface area contributed by atoms with Gasteiger partial charge in [0.1, 0.15) is 5.69 Å². The van der Waals surface area contributed by atoms with Crippen molar-refractivity contribution in [2.45, 2.75) is 25.3 Å². The van der Waals surface area contributed by atoms with Gasteiger partial charge in [-0.05, 0) is 55.6 Å². The molecule has 7 heteroatoms. The van der Waals surface area contributed by atoms with Crippen LogP contribution < -0.4 is 10.6 Å². The Labute approximate surface area is 156 Å². The molecule has 3 N–H and O–H groups in total. The normalized spacial score (nSPS) is 17.5. The van der Waals surface area contributed by atoms with Gasteiger partial charge in [0.2, 0.25) is 0 Å². The van der Waals surface area contributed by atoms with E-state index >= 15 is 0 Å². The molecule has 0 spiro atoms. The average molecular weight is 372 g/mol. The van der Waals surface area contributed by atoms with E-state index in [0.29, 0.717) is 23.3 Å². The zero-order chi connectivity index (χ0) is 17.9. The van der Waals surface area contributed by atoms with Crippen LogP contribution in [-0.2, 0) is 6.42 Å². The van der Waals surface area contributed by atoms with Gasteiger partial charge in [-0.2, -0.15) is 5.10 Å². The van der Waals surface area contributed by atoms with Crippen molar-refractivity contribution < 1.29 is 4.79 Å². The maximum atomic E-state index is 12.4. The van der Waals surface area contributed by atoms with Gasteiger partial charge in [0.15, 0.2) is 0 Å². The van der Waals surface area contributed by atoms with Crippen LogP contribution in [0.25, 0.3) is 10.9 Å². The van der Waals surface area contributed by atoms with Crippen molar-refractivity contribution in [1.29, 1.82) is 0 Å². The summed E-state index contributed by atoms with van der Waals surface area (Å²) in [4.78, 5) is 15.6. The Kier molecular flexibility index (Phi) is 4.95. The zero-order valence-corrected chi connectivity index (χ0v) is 15.2. The lowest BCUT2D eigenvalue weighted by Gasteiger charge is -2.22. The van der Waals surface area contributed by atoms with Crippen LogP contribution in [-0.4, -0.2) is 40.3 Å². The van der Waals surface area contributed by atoms with Crippen LogP contribution in [0.15, 0.2) is 36.7 Å². The van der Waals surface area contributed by atoms with Gasteiger partial charge in [-0.25, -0.2) is 0 Å². The third-order valence-electron chi connectivity index (χ3n) is 4.90. The van der Waals surface area contributed by atoms with Crippen LogP contribution in [0.1, 0.15) is 34.9 Å². The number of halogens is 1. The fraction of sp³-hybridized carbons (Fsp3) is 0.368. The minimum atomic E-state index is -0.134. The minimum absolute atomic E-state index is 0.134. The summed E-state index contributed by atoms with van der Waals surface area (Å²) in [5.74, 6) is -0.134. The molecule has 3 aromatic rings. The van der Waals surface area contributed by atoms with Crippen molar-refractivity contribution in [2.75, 3.05) is 19.6 Å². The van der Waals surface area contributed by atoms with E-state index in [9.17, 15) is 4.79 Å². The van der Waals surface area contributed by atoms with E-state index in [1.54, 1.807) is 6.07 Å². The molecule has 1 fully saturated rings. The Morgan fingerprint density at radius 2 is 2.31 bits per heavy atom. The van der Waals surface area contributed by atoms with E-state index in [-0.39, 0.29) is 5.91 Å². The summed E-state index contributed by atoms with van der Waals surface area (Å²) in [5.41, 5.74) is 2.66. The van der Waals surface area contributed by atoms with Crippen LogP contribution in [0.2, 0.25) is 5.02 Å². The quantitative estimate of drug-likeness (QED) is 0.645. The molecule has 136 valence electrons. The predicted molar refractivity (Wildman–Crippen MR) is 103 cm³/mol. The average Bonchev–Trinajstić information content (AvgIpc) is 3.30. The Hall–Kier alpha value is -2.31. The second-order valence-electron chi connectivity index (χ2n) is 6.69. The van der Waals surface area contributed by atoms with Crippen molar-refractivity contribution >= 4 is 28.4 Å². The SMILES string of the molecule is O=C(NCCc1c[nH]c2ccc(Cl)cc12)c1ccn(C2CCCNC2)n1. The topological polar surface area (TPSA) is 74.7 Å². The molecule has 0 radical (unpaired) electrons. The van der Waals surface area contributed by atoms with E-state index in [0.717, 1.165) is 48.8 Å². The van der Waals surface area contributed by atoms with E-state index in [4.69, 9.17) is 11.6 Å². The van der Waals surface area contributed by atoms with Gasteiger partial charge >= 0.3 is 0 Å².